The van der Waals surface area contributed by atoms with Gasteiger partial charge in [-0.2, -0.15) is 0 Å². The molecule has 0 aromatic heterocycles. The molecule has 0 spiro atoms. The number of hydrogen-bond donors (Lipinski definition) is 1. The lowest BCUT2D eigenvalue weighted by Gasteiger charge is -2.34. The van der Waals surface area contributed by atoms with Crippen molar-refractivity contribution in [3.05, 3.63) is 35.9 Å². The topological polar surface area (TPSA) is 63.2 Å². The first-order valence-electron chi connectivity index (χ1n) is 9.04. The van der Waals surface area contributed by atoms with Crippen molar-refractivity contribution >= 4 is 15.7 Å². The Kier molecular flexibility index (Phi) is 5.28. The first-order valence-corrected chi connectivity index (χ1v) is 10.9. The second kappa shape index (κ2) is 7.26. The summed E-state index contributed by atoms with van der Waals surface area (Å²) in [7, 11) is -3.02. The molecule has 4 nitrogen and oxygen atoms in total. The smallest absolute Gasteiger partial charge is 0.224 e. The van der Waals surface area contributed by atoms with Crippen LogP contribution in [0, 0.1) is 5.92 Å². The predicted octanol–water partition coefficient (Wildman–Crippen LogP) is 2.83. The monoisotopic (exact) mass is 349 g/mol. The third-order valence-electron chi connectivity index (χ3n) is 5.65. The molecule has 0 radical (unpaired) electrons. The summed E-state index contributed by atoms with van der Waals surface area (Å²) in [6.45, 7) is 0.617. The van der Waals surface area contributed by atoms with Gasteiger partial charge in [0.2, 0.25) is 5.91 Å². The molecule has 24 heavy (non-hydrogen) atoms. The fourth-order valence-corrected chi connectivity index (χ4v) is 5.91. The zero-order valence-electron chi connectivity index (χ0n) is 14.2. The van der Waals surface area contributed by atoms with Crippen LogP contribution < -0.4 is 5.32 Å². The number of amides is 1. The van der Waals surface area contributed by atoms with Crippen molar-refractivity contribution in [2.75, 3.05) is 18.1 Å². The zero-order chi connectivity index (χ0) is 17.0. The van der Waals surface area contributed by atoms with Crippen LogP contribution in [0.3, 0.4) is 0 Å². The number of sulfone groups is 1. The van der Waals surface area contributed by atoms with Crippen LogP contribution in [0.5, 0.6) is 0 Å². The number of nitrogens with one attached hydrogen (secondary N) is 1. The fraction of sp³-hybridized carbons (Fsp3) is 0.632. The van der Waals surface area contributed by atoms with Crippen LogP contribution in [0.4, 0.5) is 0 Å². The minimum atomic E-state index is -3.02. The van der Waals surface area contributed by atoms with Crippen molar-refractivity contribution in [2.24, 2.45) is 5.92 Å². The summed E-state index contributed by atoms with van der Waals surface area (Å²) in [5.74, 6) is -0.296. The first kappa shape index (κ1) is 17.5. The molecular weight excluding hydrogens is 322 g/mol. The van der Waals surface area contributed by atoms with Crippen LogP contribution in [0.2, 0.25) is 0 Å². The van der Waals surface area contributed by atoms with E-state index in [1.807, 2.05) is 6.07 Å². The molecular formula is C19H27NO3S. The van der Waals surface area contributed by atoms with E-state index < -0.39 is 9.84 Å². The Hall–Kier alpha value is -1.36. The standard InChI is InChI=1S/C19H27NO3S/c21-18(16-10-13-24(22,23)14-16)20-15-19(11-6-1-2-7-12-19)17-8-4-3-5-9-17/h3-5,8-9,16H,1-2,6-7,10-15H2,(H,20,21)/t16-/m1/s1. The summed E-state index contributed by atoms with van der Waals surface area (Å²) in [4.78, 5) is 12.5. The molecule has 0 unspecified atom stereocenters. The van der Waals surface area contributed by atoms with Crippen LogP contribution in [-0.2, 0) is 20.0 Å². The summed E-state index contributed by atoms with van der Waals surface area (Å²) < 4.78 is 23.2. The summed E-state index contributed by atoms with van der Waals surface area (Å²) in [5, 5.41) is 3.10. The van der Waals surface area contributed by atoms with Crippen molar-refractivity contribution < 1.29 is 13.2 Å². The van der Waals surface area contributed by atoms with E-state index in [9.17, 15) is 13.2 Å². The largest absolute Gasteiger partial charge is 0.355 e. The molecule has 1 amide bonds. The second-order valence-electron chi connectivity index (χ2n) is 7.38. The van der Waals surface area contributed by atoms with E-state index in [-0.39, 0.29) is 28.7 Å². The van der Waals surface area contributed by atoms with Crippen LogP contribution in [0.1, 0.15) is 50.5 Å². The predicted molar refractivity (Wildman–Crippen MR) is 95.6 cm³/mol. The molecule has 2 aliphatic rings. The molecule has 1 N–H and O–H groups in total. The van der Waals surface area contributed by atoms with Crippen LogP contribution in [-0.4, -0.2) is 32.4 Å². The molecule has 1 atom stereocenters. The fourth-order valence-electron chi connectivity index (χ4n) is 4.17. The van der Waals surface area contributed by atoms with Gasteiger partial charge >= 0.3 is 0 Å². The van der Waals surface area contributed by atoms with Crippen LogP contribution in [0.15, 0.2) is 30.3 Å². The first-order chi connectivity index (χ1) is 11.5. The van der Waals surface area contributed by atoms with Crippen molar-refractivity contribution in [1.29, 1.82) is 0 Å². The van der Waals surface area contributed by atoms with E-state index in [1.165, 1.54) is 31.2 Å². The maximum absolute atomic E-state index is 12.5. The lowest BCUT2D eigenvalue weighted by atomic mass is 9.74. The van der Waals surface area contributed by atoms with Crippen molar-refractivity contribution in [3.8, 4) is 0 Å². The molecule has 3 rings (SSSR count). The lowest BCUT2D eigenvalue weighted by molar-refractivity contribution is -0.124. The third-order valence-corrected chi connectivity index (χ3v) is 7.42. The molecule has 1 aliphatic carbocycles. The highest BCUT2D eigenvalue weighted by atomic mass is 32.2. The molecule has 132 valence electrons. The third kappa shape index (κ3) is 4.00. The van der Waals surface area contributed by atoms with Gasteiger partial charge in [-0.25, -0.2) is 8.42 Å². The van der Waals surface area contributed by atoms with E-state index >= 15 is 0 Å². The van der Waals surface area contributed by atoms with Gasteiger partial charge in [-0.05, 0) is 24.8 Å². The van der Waals surface area contributed by atoms with Gasteiger partial charge in [-0.15, -0.1) is 0 Å². The Morgan fingerprint density at radius 2 is 1.75 bits per heavy atom. The SMILES string of the molecule is O=C(NCC1(c2ccccc2)CCCCCC1)[C@@H]1CCS(=O)(=O)C1. The van der Waals surface area contributed by atoms with Gasteiger partial charge in [-0.3, -0.25) is 4.79 Å². The van der Waals surface area contributed by atoms with Gasteiger partial charge in [0, 0.05) is 12.0 Å². The maximum atomic E-state index is 12.5. The lowest BCUT2D eigenvalue weighted by Crippen LogP contribution is -2.43. The molecule has 1 aromatic rings. The number of carbonyl (C=O) groups excluding carboxylic acids is 1. The Bertz CT molecular complexity index is 661. The number of rotatable bonds is 4. The van der Waals surface area contributed by atoms with E-state index in [1.54, 1.807) is 0 Å². The molecule has 1 aromatic carbocycles. The molecule has 1 saturated carbocycles. The maximum Gasteiger partial charge on any atom is 0.224 e. The molecule has 1 saturated heterocycles. The van der Waals surface area contributed by atoms with Gasteiger partial charge in [0.25, 0.3) is 0 Å². The summed E-state index contributed by atoms with van der Waals surface area (Å²) in [6, 6.07) is 10.5. The molecule has 5 heteroatoms. The summed E-state index contributed by atoms with van der Waals surface area (Å²) in [6.07, 6.45) is 7.50. The zero-order valence-corrected chi connectivity index (χ0v) is 15.0. The molecule has 1 heterocycles. The number of carbonyl (C=O) groups is 1. The van der Waals surface area contributed by atoms with Crippen molar-refractivity contribution in [3.63, 3.8) is 0 Å². The Labute approximate surface area is 145 Å². The van der Waals surface area contributed by atoms with Gasteiger partial charge < -0.3 is 5.32 Å². The van der Waals surface area contributed by atoms with E-state index in [4.69, 9.17) is 0 Å². The van der Waals surface area contributed by atoms with Gasteiger partial charge in [0.05, 0.1) is 17.4 Å². The van der Waals surface area contributed by atoms with Crippen molar-refractivity contribution in [1.82, 2.24) is 5.32 Å². The van der Waals surface area contributed by atoms with Crippen molar-refractivity contribution in [2.45, 2.75) is 50.4 Å². The van der Waals surface area contributed by atoms with E-state index in [0.717, 1.165) is 12.8 Å². The Morgan fingerprint density at radius 1 is 1.08 bits per heavy atom. The summed E-state index contributed by atoms with van der Waals surface area (Å²) >= 11 is 0. The number of benzene rings is 1. The second-order valence-corrected chi connectivity index (χ2v) is 9.61. The van der Waals surface area contributed by atoms with E-state index in [2.05, 4.69) is 29.6 Å². The normalized spacial score (nSPS) is 25.8. The Morgan fingerprint density at radius 3 is 2.33 bits per heavy atom. The molecule has 0 bridgehead atoms. The highest BCUT2D eigenvalue weighted by Crippen LogP contribution is 2.38. The minimum Gasteiger partial charge on any atom is -0.355 e. The minimum absolute atomic E-state index is 0.00903. The average Bonchev–Trinajstić information content (AvgIpc) is 2.81. The summed E-state index contributed by atoms with van der Waals surface area (Å²) in [5.41, 5.74) is 1.29. The average molecular weight is 349 g/mol. The number of hydrogen-bond acceptors (Lipinski definition) is 3. The quantitative estimate of drug-likeness (QED) is 0.850. The van der Waals surface area contributed by atoms with Gasteiger partial charge in [0.15, 0.2) is 9.84 Å². The van der Waals surface area contributed by atoms with Crippen LogP contribution >= 0.6 is 0 Å². The van der Waals surface area contributed by atoms with E-state index in [0.29, 0.717) is 13.0 Å². The Balaban J connectivity index is 1.72. The highest BCUT2D eigenvalue weighted by Gasteiger charge is 2.36. The van der Waals surface area contributed by atoms with Gasteiger partial charge in [-0.1, -0.05) is 56.0 Å². The highest BCUT2D eigenvalue weighted by molar-refractivity contribution is 7.91. The van der Waals surface area contributed by atoms with Crippen LogP contribution in [0.25, 0.3) is 0 Å². The van der Waals surface area contributed by atoms with Gasteiger partial charge in [0.1, 0.15) is 0 Å². The molecule has 2 fully saturated rings. The molecule has 1 aliphatic heterocycles.